The molecule has 2 N–H and O–H groups in total. The molecule has 2 aliphatic rings. The number of nitrogens with zero attached hydrogens (tertiary/aromatic N) is 5. The predicted octanol–water partition coefficient (Wildman–Crippen LogP) is 4.66. The Morgan fingerprint density at radius 1 is 1.24 bits per heavy atom. The SMILES string of the molecule is C[C@H]1CC2(CCN(c3ncc(Sc4ccnc5[nH]ccc45)c4nccn34)CC2NC(=O)OC(C)(C)C)CO1. The van der Waals surface area contributed by atoms with Crippen LogP contribution in [0.4, 0.5) is 10.7 Å². The van der Waals surface area contributed by atoms with Gasteiger partial charge in [-0.1, -0.05) is 11.8 Å². The lowest BCUT2D eigenvalue weighted by Gasteiger charge is -2.45. The maximum Gasteiger partial charge on any atom is 0.407 e. The fourth-order valence-electron chi connectivity index (χ4n) is 5.62. The lowest BCUT2D eigenvalue weighted by molar-refractivity contribution is 0.0385. The number of piperidine rings is 1. The summed E-state index contributed by atoms with van der Waals surface area (Å²) in [5, 5.41) is 4.25. The van der Waals surface area contributed by atoms with Gasteiger partial charge >= 0.3 is 6.09 Å². The number of amides is 1. The van der Waals surface area contributed by atoms with Crippen molar-refractivity contribution in [2.24, 2.45) is 5.41 Å². The lowest BCUT2D eigenvalue weighted by Crippen LogP contribution is -2.60. The summed E-state index contributed by atoms with van der Waals surface area (Å²) in [6, 6.07) is 3.91. The monoisotopic (exact) mass is 535 g/mol. The second kappa shape index (κ2) is 9.46. The minimum Gasteiger partial charge on any atom is -0.444 e. The van der Waals surface area contributed by atoms with Crippen LogP contribution in [0, 0.1) is 5.41 Å². The average Bonchev–Trinajstić information content (AvgIpc) is 3.60. The van der Waals surface area contributed by atoms with Gasteiger partial charge in [0.25, 0.3) is 0 Å². The van der Waals surface area contributed by atoms with Crippen molar-refractivity contribution in [1.29, 1.82) is 0 Å². The number of hydrogen-bond acceptors (Lipinski definition) is 8. The molecule has 0 aromatic carbocycles. The van der Waals surface area contributed by atoms with Crippen LogP contribution in [0.2, 0.25) is 0 Å². The number of hydrogen-bond donors (Lipinski definition) is 2. The zero-order valence-electron chi connectivity index (χ0n) is 22.1. The van der Waals surface area contributed by atoms with Crippen molar-refractivity contribution in [3.8, 4) is 0 Å². The molecule has 2 aliphatic heterocycles. The number of fused-ring (bicyclic) bond motifs is 2. The third kappa shape index (κ3) is 4.69. The molecule has 200 valence electrons. The summed E-state index contributed by atoms with van der Waals surface area (Å²) in [6.07, 6.45) is 10.9. The van der Waals surface area contributed by atoms with Crippen molar-refractivity contribution in [3.05, 3.63) is 43.1 Å². The van der Waals surface area contributed by atoms with E-state index in [1.807, 2.05) is 55.9 Å². The molecule has 0 saturated carbocycles. The molecule has 4 aromatic heterocycles. The Morgan fingerprint density at radius 3 is 2.89 bits per heavy atom. The number of nitrogens with one attached hydrogen (secondary N) is 2. The largest absolute Gasteiger partial charge is 0.444 e. The minimum atomic E-state index is -0.566. The van der Waals surface area contributed by atoms with Gasteiger partial charge in [-0.3, -0.25) is 4.40 Å². The van der Waals surface area contributed by atoms with Crippen molar-refractivity contribution in [3.63, 3.8) is 0 Å². The van der Waals surface area contributed by atoms with Gasteiger partial charge in [0.15, 0.2) is 5.65 Å². The smallest absolute Gasteiger partial charge is 0.407 e. The second-order valence-corrected chi connectivity index (χ2v) is 12.4. The van der Waals surface area contributed by atoms with E-state index in [0.29, 0.717) is 13.2 Å². The van der Waals surface area contributed by atoms with Crippen LogP contribution in [-0.4, -0.2) is 67.9 Å². The molecule has 1 amide bonds. The van der Waals surface area contributed by atoms with E-state index >= 15 is 0 Å². The summed E-state index contributed by atoms with van der Waals surface area (Å²) in [7, 11) is 0. The van der Waals surface area contributed by atoms with Gasteiger partial charge in [0.1, 0.15) is 11.2 Å². The van der Waals surface area contributed by atoms with E-state index in [9.17, 15) is 4.79 Å². The number of imidazole rings is 1. The third-order valence-electron chi connectivity index (χ3n) is 7.36. The highest BCUT2D eigenvalue weighted by Gasteiger charge is 2.49. The normalized spacial score (nSPS) is 23.9. The minimum absolute atomic E-state index is 0.125. The molecule has 1 spiro atoms. The summed E-state index contributed by atoms with van der Waals surface area (Å²) in [4.78, 5) is 34.2. The molecule has 11 heteroatoms. The molecular weight excluding hydrogens is 502 g/mol. The average molecular weight is 536 g/mol. The Labute approximate surface area is 225 Å². The highest BCUT2D eigenvalue weighted by molar-refractivity contribution is 7.99. The van der Waals surface area contributed by atoms with E-state index in [0.717, 1.165) is 51.8 Å². The van der Waals surface area contributed by atoms with Crippen molar-refractivity contribution in [2.45, 2.75) is 68.1 Å². The standard InChI is InChI=1S/C27H33N7O3S/c1-17-13-27(16-36-17)7-11-33(15-21(27)32-25(35)37-26(2,3)4)24-31-14-20(23-30-10-12-34(23)24)38-19-6-9-29-22-18(19)5-8-28-22/h5-6,8-10,12,14,17,21H,7,11,13,15-16H2,1-4H3,(H,28,29)(H,32,35)/t17-,21?,27?/m0/s1. The first-order valence-corrected chi connectivity index (χ1v) is 13.8. The first-order valence-electron chi connectivity index (χ1n) is 13.0. The number of anilines is 1. The Bertz CT molecular complexity index is 1480. The molecule has 2 saturated heterocycles. The van der Waals surface area contributed by atoms with Crippen molar-refractivity contribution in [2.75, 3.05) is 24.6 Å². The van der Waals surface area contributed by atoms with Crippen LogP contribution in [-0.2, 0) is 9.47 Å². The van der Waals surface area contributed by atoms with Crippen LogP contribution in [0.1, 0.15) is 40.5 Å². The molecule has 6 rings (SSSR count). The molecule has 4 aromatic rings. The molecule has 6 heterocycles. The van der Waals surface area contributed by atoms with Gasteiger partial charge < -0.3 is 24.7 Å². The highest BCUT2D eigenvalue weighted by Crippen LogP contribution is 2.43. The van der Waals surface area contributed by atoms with E-state index in [4.69, 9.17) is 14.5 Å². The molecular formula is C27H33N7O3S. The lowest BCUT2D eigenvalue weighted by atomic mass is 9.73. The van der Waals surface area contributed by atoms with E-state index in [-0.39, 0.29) is 17.6 Å². The zero-order chi connectivity index (χ0) is 26.5. The van der Waals surface area contributed by atoms with Crippen LogP contribution < -0.4 is 10.2 Å². The van der Waals surface area contributed by atoms with Crippen LogP contribution in [0.5, 0.6) is 0 Å². The number of aromatic nitrogens is 5. The Hall–Kier alpha value is -3.31. The number of pyridine rings is 1. The Kier molecular flexibility index (Phi) is 6.22. The quantitative estimate of drug-likeness (QED) is 0.389. The molecule has 38 heavy (non-hydrogen) atoms. The number of carbonyl (C=O) groups excluding carboxylic acids is 1. The van der Waals surface area contributed by atoms with E-state index in [1.54, 1.807) is 24.2 Å². The van der Waals surface area contributed by atoms with Crippen molar-refractivity contribution < 1.29 is 14.3 Å². The van der Waals surface area contributed by atoms with Gasteiger partial charge in [-0.15, -0.1) is 0 Å². The number of carbonyl (C=O) groups is 1. The molecule has 10 nitrogen and oxygen atoms in total. The first kappa shape index (κ1) is 25.0. The van der Waals surface area contributed by atoms with Crippen LogP contribution in [0.15, 0.2) is 52.9 Å². The van der Waals surface area contributed by atoms with Crippen LogP contribution in [0.25, 0.3) is 16.7 Å². The van der Waals surface area contributed by atoms with E-state index < -0.39 is 11.7 Å². The van der Waals surface area contributed by atoms with Crippen LogP contribution >= 0.6 is 11.8 Å². The highest BCUT2D eigenvalue weighted by atomic mass is 32.2. The molecule has 2 fully saturated rings. The summed E-state index contributed by atoms with van der Waals surface area (Å²) in [5.41, 5.74) is 1.01. The summed E-state index contributed by atoms with van der Waals surface area (Å²) in [5.74, 6) is 0.807. The van der Waals surface area contributed by atoms with E-state index in [1.165, 1.54) is 0 Å². The van der Waals surface area contributed by atoms with Crippen LogP contribution in [0.3, 0.4) is 0 Å². The topological polar surface area (TPSA) is 110 Å². The molecule has 0 aliphatic carbocycles. The molecule has 2 unspecified atom stereocenters. The first-order chi connectivity index (χ1) is 18.2. The van der Waals surface area contributed by atoms with Crippen molar-refractivity contribution >= 4 is 40.5 Å². The van der Waals surface area contributed by atoms with Gasteiger partial charge in [-0.2, -0.15) is 0 Å². The fourth-order valence-corrected chi connectivity index (χ4v) is 6.60. The zero-order valence-corrected chi connectivity index (χ0v) is 22.9. The summed E-state index contributed by atoms with van der Waals surface area (Å²) < 4.78 is 13.7. The number of rotatable bonds is 4. The Balaban J connectivity index is 1.28. The second-order valence-electron chi connectivity index (χ2n) is 11.3. The predicted molar refractivity (Wildman–Crippen MR) is 146 cm³/mol. The maximum atomic E-state index is 12.8. The summed E-state index contributed by atoms with van der Waals surface area (Å²) >= 11 is 1.63. The number of alkyl carbamates (subject to hydrolysis) is 1. The molecule has 0 bridgehead atoms. The van der Waals surface area contributed by atoms with Gasteiger partial charge in [0.2, 0.25) is 5.95 Å². The molecule has 0 radical (unpaired) electrons. The molecule has 3 atom stereocenters. The van der Waals surface area contributed by atoms with Gasteiger partial charge in [-0.25, -0.2) is 19.7 Å². The fraction of sp³-hybridized carbons (Fsp3) is 0.481. The van der Waals surface area contributed by atoms with Crippen molar-refractivity contribution in [1.82, 2.24) is 29.7 Å². The number of H-pyrrole nitrogens is 1. The number of ether oxygens (including phenoxy) is 2. The third-order valence-corrected chi connectivity index (χ3v) is 8.44. The number of aromatic amines is 1. The maximum absolute atomic E-state index is 12.8. The van der Waals surface area contributed by atoms with Gasteiger partial charge in [0.05, 0.1) is 23.6 Å². The van der Waals surface area contributed by atoms with Gasteiger partial charge in [0, 0.05) is 59.8 Å². The van der Waals surface area contributed by atoms with Gasteiger partial charge in [-0.05, 0) is 52.7 Å². The van der Waals surface area contributed by atoms with E-state index in [2.05, 4.69) is 32.1 Å². The summed E-state index contributed by atoms with van der Waals surface area (Å²) in [6.45, 7) is 9.78. The Morgan fingerprint density at radius 2 is 2.11 bits per heavy atom.